The van der Waals surface area contributed by atoms with Crippen LogP contribution in [0.5, 0.6) is 0 Å². The fourth-order valence-electron chi connectivity index (χ4n) is 2.51. The quantitative estimate of drug-likeness (QED) is 0.655. The summed E-state index contributed by atoms with van der Waals surface area (Å²) in [7, 11) is 0. The molecule has 1 fully saturated rings. The first-order valence-corrected chi connectivity index (χ1v) is 7.98. The number of carbonyl (C=O) groups is 1. The number of nitrogens with one attached hydrogen (secondary N) is 1. The van der Waals surface area contributed by atoms with Gasteiger partial charge in [-0.1, -0.05) is 0 Å². The molecule has 0 amide bonds. The Labute approximate surface area is 136 Å². The lowest BCUT2D eigenvalue weighted by Gasteiger charge is -2.33. The zero-order valence-corrected chi connectivity index (χ0v) is 13.6. The van der Waals surface area contributed by atoms with E-state index < -0.39 is 0 Å². The Morgan fingerprint density at radius 2 is 2.18 bits per heavy atom. The molecule has 1 aromatic rings. The van der Waals surface area contributed by atoms with E-state index in [1.54, 1.807) is 19.1 Å². The van der Waals surface area contributed by atoms with E-state index in [4.69, 9.17) is 17.0 Å². The summed E-state index contributed by atoms with van der Waals surface area (Å²) < 4.78 is 4.95. The molecule has 5 nitrogen and oxygen atoms in total. The minimum Gasteiger partial charge on any atom is -0.462 e. The van der Waals surface area contributed by atoms with Crippen molar-refractivity contribution >= 4 is 29.0 Å². The molecule has 1 saturated heterocycles. The van der Waals surface area contributed by atoms with Crippen LogP contribution in [0, 0.1) is 5.92 Å². The highest BCUT2D eigenvalue weighted by Crippen LogP contribution is 2.18. The number of likely N-dealkylation sites (tertiary alicyclic amines) is 1. The third kappa shape index (κ3) is 4.42. The van der Waals surface area contributed by atoms with Crippen molar-refractivity contribution in [2.75, 3.05) is 31.6 Å². The number of ether oxygens (including phenoxy) is 1. The van der Waals surface area contributed by atoms with Gasteiger partial charge in [0.15, 0.2) is 5.11 Å². The number of aliphatic hydroxyl groups is 1. The van der Waals surface area contributed by atoms with Gasteiger partial charge in [-0.25, -0.2) is 4.79 Å². The Morgan fingerprint density at radius 3 is 2.82 bits per heavy atom. The second kappa shape index (κ2) is 8.10. The number of anilines is 1. The van der Waals surface area contributed by atoms with Gasteiger partial charge in [-0.15, -0.1) is 0 Å². The van der Waals surface area contributed by atoms with Crippen molar-refractivity contribution in [2.24, 2.45) is 5.92 Å². The van der Waals surface area contributed by atoms with Crippen molar-refractivity contribution in [3.05, 3.63) is 29.8 Å². The number of thiocarbonyl (C=S) groups is 1. The second-order valence-corrected chi connectivity index (χ2v) is 5.75. The minimum absolute atomic E-state index is 0.202. The van der Waals surface area contributed by atoms with Crippen molar-refractivity contribution in [3.8, 4) is 0 Å². The number of carbonyl (C=O) groups excluding carboxylic acids is 1. The summed E-state index contributed by atoms with van der Waals surface area (Å²) in [4.78, 5) is 13.7. The van der Waals surface area contributed by atoms with Gasteiger partial charge in [-0.2, -0.15) is 0 Å². The Hall–Kier alpha value is -1.66. The van der Waals surface area contributed by atoms with Crippen molar-refractivity contribution in [1.82, 2.24) is 4.90 Å². The molecule has 0 aliphatic carbocycles. The van der Waals surface area contributed by atoms with E-state index in [-0.39, 0.29) is 12.6 Å². The Morgan fingerprint density at radius 1 is 1.45 bits per heavy atom. The number of nitrogens with zero attached hydrogens (tertiary/aromatic N) is 1. The average molecular weight is 322 g/mol. The summed E-state index contributed by atoms with van der Waals surface area (Å²) in [5, 5.41) is 13.1. The topological polar surface area (TPSA) is 61.8 Å². The molecule has 0 spiro atoms. The predicted molar refractivity (Wildman–Crippen MR) is 90.0 cm³/mol. The molecule has 1 atom stereocenters. The zero-order valence-electron chi connectivity index (χ0n) is 12.7. The first-order valence-electron chi connectivity index (χ1n) is 7.58. The van der Waals surface area contributed by atoms with Gasteiger partial charge in [0.05, 0.1) is 12.2 Å². The summed E-state index contributed by atoms with van der Waals surface area (Å²) in [6.07, 6.45) is 2.08. The maximum absolute atomic E-state index is 11.6. The smallest absolute Gasteiger partial charge is 0.338 e. The lowest BCUT2D eigenvalue weighted by Crippen LogP contribution is -2.43. The predicted octanol–water partition coefficient (Wildman–Crippen LogP) is 2.26. The summed E-state index contributed by atoms with van der Waals surface area (Å²) >= 11 is 5.42. The van der Waals surface area contributed by atoms with Crippen molar-refractivity contribution in [2.45, 2.75) is 19.8 Å². The largest absolute Gasteiger partial charge is 0.462 e. The van der Waals surface area contributed by atoms with Gasteiger partial charge in [-0.05, 0) is 62.2 Å². The van der Waals surface area contributed by atoms with Crippen molar-refractivity contribution in [1.29, 1.82) is 0 Å². The van der Waals surface area contributed by atoms with E-state index in [1.165, 1.54) is 0 Å². The molecule has 2 N–H and O–H groups in total. The Kier molecular flexibility index (Phi) is 6.15. The molecule has 1 aliphatic heterocycles. The Bertz CT molecular complexity index is 519. The summed E-state index contributed by atoms with van der Waals surface area (Å²) in [6, 6.07) is 7.06. The number of rotatable bonds is 4. The number of hydrogen-bond acceptors (Lipinski definition) is 4. The molecular weight excluding hydrogens is 300 g/mol. The molecule has 120 valence electrons. The highest BCUT2D eigenvalue weighted by Gasteiger charge is 2.21. The number of hydrogen-bond donors (Lipinski definition) is 2. The molecule has 1 unspecified atom stereocenters. The molecular formula is C16H22N2O3S. The molecule has 1 aromatic carbocycles. The van der Waals surface area contributed by atoms with E-state index in [0.29, 0.717) is 23.2 Å². The van der Waals surface area contributed by atoms with Gasteiger partial charge in [0, 0.05) is 25.4 Å². The van der Waals surface area contributed by atoms with E-state index in [1.807, 2.05) is 12.1 Å². The first-order chi connectivity index (χ1) is 10.6. The minimum atomic E-state index is -0.321. The molecule has 0 aromatic heterocycles. The van der Waals surface area contributed by atoms with Crippen LogP contribution in [0.25, 0.3) is 0 Å². The SMILES string of the molecule is CCOC(=O)c1ccc(NC(=S)N2CCCC(CO)C2)cc1. The standard InChI is InChI=1S/C16H22N2O3S/c1-2-21-15(20)13-5-7-14(8-6-13)17-16(22)18-9-3-4-12(10-18)11-19/h5-8,12,19H,2-4,9-11H2,1H3,(H,17,22). The van der Waals surface area contributed by atoms with Gasteiger partial charge in [0.2, 0.25) is 0 Å². The van der Waals surface area contributed by atoms with Crippen LogP contribution >= 0.6 is 12.2 Å². The van der Waals surface area contributed by atoms with Crippen molar-refractivity contribution in [3.63, 3.8) is 0 Å². The monoisotopic (exact) mass is 322 g/mol. The summed E-state index contributed by atoms with van der Waals surface area (Å²) in [5.41, 5.74) is 1.36. The fourth-order valence-corrected chi connectivity index (χ4v) is 2.79. The first kappa shape index (κ1) is 16.7. The summed E-state index contributed by atoms with van der Waals surface area (Å²) in [5.74, 6) is -0.0295. The molecule has 22 heavy (non-hydrogen) atoms. The highest BCUT2D eigenvalue weighted by molar-refractivity contribution is 7.80. The van der Waals surface area contributed by atoms with Crippen LogP contribution in [0.4, 0.5) is 5.69 Å². The van der Waals surface area contributed by atoms with Gasteiger partial charge in [0.1, 0.15) is 0 Å². The van der Waals surface area contributed by atoms with E-state index in [9.17, 15) is 9.90 Å². The molecule has 0 radical (unpaired) electrons. The van der Waals surface area contributed by atoms with Crippen LogP contribution in [0.15, 0.2) is 24.3 Å². The van der Waals surface area contributed by atoms with E-state index >= 15 is 0 Å². The molecule has 1 aliphatic rings. The zero-order chi connectivity index (χ0) is 15.9. The van der Waals surface area contributed by atoms with Crippen LogP contribution in [-0.2, 0) is 4.74 Å². The third-order valence-corrected chi connectivity index (χ3v) is 4.07. The maximum Gasteiger partial charge on any atom is 0.338 e. The average Bonchev–Trinajstić information content (AvgIpc) is 2.55. The molecule has 0 bridgehead atoms. The molecule has 1 heterocycles. The lowest BCUT2D eigenvalue weighted by molar-refractivity contribution is 0.0526. The van der Waals surface area contributed by atoms with Crippen LogP contribution in [0.1, 0.15) is 30.1 Å². The van der Waals surface area contributed by atoms with Crippen LogP contribution < -0.4 is 5.32 Å². The number of benzene rings is 1. The fraction of sp³-hybridized carbons (Fsp3) is 0.500. The van der Waals surface area contributed by atoms with E-state index in [2.05, 4.69) is 10.2 Å². The van der Waals surface area contributed by atoms with Gasteiger partial charge in [-0.3, -0.25) is 0 Å². The van der Waals surface area contributed by atoms with Crippen LogP contribution in [0.2, 0.25) is 0 Å². The van der Waals surface area contributed by atoms with Crippen molar-refractivity contribution < 1.29 is 14.6 Å². The van der Waals surface area contributed by atoms with Gasteiger partial charge in [0.25, 0.3) is 0 Å². The number of piperidine rings is 1. The molecule has 0 saturated carbocycles. The molecule has 6 heteroatoms. The highest BCUT2D eigenvalue weighted by atomic mass is 32.1. The maximum atomic E-state index is 11.6. The number of aliphatic hydroxyl groups excluding tert-OH is 1. The van der Waals surface area contributed by atoms with E-state index in [0.717, 1.165) is 31.6 Å². The van der Waals surface area contributed by atoms with Gasteiger partial charge >= 0.3 is 5.97 Å². The molecule has 2 rings (SSSR count). The number of esters is 1. The lowest BCUT2D eigenvalue weighted by atomic mass is 9.99. The second-order valence-electron chi connectivity index (χ2n) is 5.36. The van der Waals surface area contributed by atoms with Crippen LogP contribution in [-0.4, -0.2) is 47.4 Å². The van der Waals surface area contributed by atoms with Crippen LogP contribution in [0.3, 0.4) is 0 Å². The third-order valence-electron chi connectivity index (χ3n) is 3.71. The Balaban J connectivity index is 1.92. The summed E-state index contributed by atoms with van der Waals surface area (Å²) in [6.45, 7) is 4.04. The van der Waals surface area contributed by atoms with Gasteiger partial charge < -0.3 is 20.1 Å². The normalized spacial score (nSPS) is 17.9.